The standard InChI is InChI=1S/C19H16ClN3O2S/c1-12-16(18(25)21-11-13-5-3-2-4-6-13)26-19(22-12)23-17(24)14-7-9-15(20)10-8-14/h2-10H,11H2,1H3,(H,21,25)(H,22,23,24). The van der Waals surface area contributed by atoms with Crippen LogP contribution in [-0.2, 0) is 6.54 Å². The van der Waals surface area contributed by atoms with Crippen LogP contribution >= 0.6 is 22.9 Å². The number of carbonyl (C=O) groups is 2. The lowest BCUT2D eigenvalue weighted by Crippen LogP contribution is -2.22. The van der Waals surface area contributed by atoms with Crippen molar-refractivity contribution < 1.29 is 9.59 Å². The third kappa shape index (κ3) is 4.47. The molecule has 0 bridgehead atoms. The van der Waals surface area contributed by atoms with Gasteiger partial charge in [-0.3, -0.25) is 14.9 Å². The fraction of sp³-hybridized carbons (Fsp3) is 0.105. The van der Waals surface area contributed by atoms with Crippen LogP contribution in [0.2, 0.25) is 5.02 Å². The molecule has 2 aromatic carbocycles. The number of rotatable bonds is 5. The van der Waals surface area contributed by atoms with Crippen molar-refractivity contribution in [3.63, 3.8) is 0 Å². The van der Waals surface area contributed by atoms with Crippen molar-refractivity contribution in [2.24, 2.45) is 0 Å². The smallest absolute Gasteiger partial charge is 0.263 e. The fourth-order valence-electron chi connectivity index (χ4n) is 2.29. The fourth-order valence-corrected chi connectivity index (χ4v) is 3.29. The minimum Gasteiger partial charge on any atom is -0.347 e. The molecule has 0 fully saturated rings. The van der Waals surface area contributed by atoms with Crippen LogP contribution in [0.4, 0.5) is 5.13 Å². The van der Waals surface area contributed by atoms with Gasteiger partial charge in [-0.25, -0.2) is 4.98 Å². The Hall–Kier alpha value is -2.70. The van der Waals surface area contributed by atoms with E-state index in [0.29, 0.717) is 32.8 Å². The Morgan fingerprint density at radius 1 is 1.04 bits per heavy atom. The molecule has 2 amide bonds. The van der Waals surface area contributed by atoms with Crippen LogP contribution < -0.4 is 10.6 Å². The average molecular weight is 386 g/mol. The number of nitrogens with zero attached hydrogens (tertiary/aromatic N) is 1. The highest BCUT2D eigenvalue weighted by molar-refractivity contribution is 7.17. The molecule has 0 aliphatic rings. The number of carbonyl (C=O) groups excluding carboxylic acids is 2. The molecule has 0 saturated heterocycles. The van der Waals surface area contributed by atoms with E-state index >= 15 is 0 Å². The first-order valence-corrected chi connectivity index (χ1v) is 9.09. The summed E-state index contributed by atoms with van der Waals surface area (Å²) < 4.78 is 0. The number of halogens is 1. The molecule has 0 unspecified atom stereocenters. The summed E-state index contributed by atoms with van der Waals surface area (Å²) in [5.41, 5.74) is 2.06. The summed E-state index contributed by atoms with van der Waals surface area (Å²) in [5.74, 6) is -0.512. The van der Waals surface area contributed by atoms with Gasteiger partial charge in [0.2, 0.25) is 0 Å². The molecule has 0 radical (unpaired) electrons. The minimum atomic E-state index is -0.299. The number of thiazole rings is 1. The van der Waals surface area contributed by atoms with Gasteiger partial charge >= 0.3 is 0 Å². The molecular formula is C19H16ClN3O2S. The van der Waals surface area contributed by atoms with Crippen molar-refractivity contribution in [3.05, 3.63) is 81.3 Å². The zero-order valence-corrected chi connectivity index (χ0v) is 15.5. The van der Waals surface area contributed by atoms with Gasteiger partial charge in [-0.05, 0) is 36.8 Å². The van der Waals surface area contributed by atoms with Gasteiger partial charge < -0.3 is 5.32 Å². The number of amides is 2. The van der Waals surface area contributed by atoms with Crippen molar-refractivity contribution in [1.82, 2.24) is 10.3 Å². The van der Waals surface area contributed by atoms with Gasteiger partial charge in [0.05, 0.1) is 5.69 Å². The van der Waals surface area contributed by atoms with Crippen molar-refractivity contribution >= 4 is 39.9 Å². The molecule has 0 saturated carbocycles. The SMILES string of the molecule is Cc1nc(NC(=O)c2ccc(Cl)cc2)sc1C(=O)NCc1ccccc1. The molecule has 0 aliphatic heterocycles. The Morgan fingerprint density at radius 2 is 1.73 bits per heavy atom. The molecule has 0 spiro atoms. The summed E-state index contributed by atoms with van der Waals surface area (Å²) in [5, 5.41) is 6.52. The molecule has 0 aliphatic carbocycles. The molecule has 0 atom stereocenters. The van der Waals surface area contributed by atoms with Crippen LogP contribution in [0.15, 0.2) is 54.6 Å². The van der Waals surface area contributed by atoms with Gasteiger partial charge in [0, 0.05) is 17.1 Å². The van der Waals surface area contributed by atoms with Crippen LogP contribution in [0.25, 0.3) is 0 Å². The molecule has 7 heteroatoms. The van der Waals surface area contributed by atoms with Gasteiger partial charge in [-0.2, -0.15) is 0 Å². The topological polar surface area (TPSA) is 71.1 Å². The number of aromatic nitrogens is 1. The maximum absolute atomic E-state index is 12.4. The normalized spacial score (nSPS) is 10.4. The van der Waals surface area contributed by atoms with Gasteiger partial charge in [-0.15, -0.1) is 0 Å². The summed E-state index contributed by atoms with van der Waals surface area (Å²) in [6, 6.07) is 16.2. The van der Waals surface area contributed by atoms with Crippen LogP contribution in [0, 0.1) is 6.92 Å². The Morgan fingerprint density at radius 3 is 2.42 bits per heavy atom. The second-order valence-electron chi connectivity index (χ2n) is 5.56. The number of aryl methyl sites for hydroxylation is 1. The zero-order valence-electron chi connectivity index (χ0n) is 14.0. The molecule has 5 nitrogen and oxygen atoms in total. The van der Waals surface area contributed by atoms with Crippen molar-refractivity contribution in [1.29, 1.82) is 0 Å². The van der Waals surface area contributed by atoms with E-state index < -0.39 is 0 Å². The highest BCUT2D eigenvalue weighted by Gasteiger charge is 2.17. The van der Waals surface area contributed by atoms with E-state index in [2.05, 4.69) is 15.6 Å². The van der Waals surface area contributed by atoms with Crippen LogP contribution in [0.1, 0.15) is 31.3 Å². The second kappa shape index (κ2) is 8.12. The van der Waals surface area contributed by atoms with Gasteiger partial charge in [-0.1, -0.05) is 53.3 Å². The quantitative estimate of drug-likeness (QED) is 0.688. The highest BCUT2D eigenvalue weighted by atomic mass is 35.5. The Bertz CT molecular complexity index is 924. The lowest BCUT2D eigenvalue weighted by Gasteiger charge is -2.03. The molecule has 132 valence electrons. The van der Waals surface area contributed by atoms with E-state index in [1.165, 1.54) is 0 Å². The molecule has 1 aromatic heterocycles. The highest BCUT2D eigenvalue weighted by Crippen LogP contribution is 2.23. The third-order valence-electron chi connectivity index (χ3n) is 3.63. The largest absolute Gasteiger partial charge is 0.347 e. The molecule has 3 rings (SSSR count). The minimum absolute atomic E-state index is 0.212. The van der Waals surface area contributed by atoms with Crippen LogP contribution in [0.5, 0.6) is 0 Å². The van der Waals surface area contributed by atoms with Gasteiger partial charge in [0.15, 0.2) is 5.13 Å². The van der Waals surface area contributed by atoms with Gasteiger partial charge in [0.25, 0.3) is 11.8 Å². The Kier molecular flexibility index (Phi) is 5.65. The predicted molar refractivity (Wildman–Crippen MR) is 104 cm³/mol. The first-order chi connectivity index (χ1) is 12.5. The maximum Gasteiger partial charge on any atom is 0.263 e. The molecule has 1 heterocycles. The van der Waals surface area contributed by atoms with Crippen molar-refractivity contribution in [3.8, 4) is 0 Å². The summed E-state index contributed by atoms with van der Waals surface area (Å²) in [7, 11) is 0. The monoisotopic (exact) mass is 385 g/mol. The zero-order chi connectivity index (χ0) is 18.5. The van der Waals surface area contributed by atoms with E-state index in [9.17, 15) is 9.59 Å². The number of nitrogens with one attached hydrogen (secondary N) is 2. The Balaban J connectivity index is 1.65. The van der Waals surface area contributed by atoms with E-state index in [0.717, 1.165) is 16.9 Å². The first kappa shape index (κ1) is 18.1. The summed E-state index contributed by atoms with van der Waals surface area (Å²) in [4.78, 5) is 29.4. The number of anilines is 1. The second-order valence-corrected chi connectivity index (χ2v) is 7.00. The Labute approximate surface area is 160 Å². The van der Waals surface area contributed by atoms with E-state index in [1.54, 1.807) is 31.2 Å². The number of benzene rings is 2. The summed E-state index contributed by atoms with van der Waals surface area (Å²) >= 11 is 6.97. The number of hydrogen-bond acceptors (Lipinski definition) is 4. The summed E-state index contributed by atoms with van der Waals surface area (Å²) in [6.45, 7) is 2.18. The van der Waals surface area contributed by atoms with Crippen LogP contribution in [0.3, 0.4) is 0 Å². The predicted octanol–water partition coefficient (Wildman–Crippen LogP) is 4.29. The molecule has 2 N–H and O–H groups in total. The molecule has 3 aromatic rings. The molecule has 26 heavy (non-hydrogen) atoms. The number of hydrogen-bond donors (Lipinski definition) is 2. The van der Waals surface area contributed by atoms with Crippen molar-refractivity contribution in [2.75, 3.05) is 5.32 Å². The van der Waals surface area contributed by atoms with E-state index in [4.69, 9.17) is 11.6 Å². The lowest BCUT2D eigenvalue weighted by atomic mass is 10.2. The average Bonchev–Trinajstić information content (AvgIpc) is 3.01. The van der Waals surface area contributed by atoms with E-state index in [-0.39, 0.29) is 11.8 Å². The van der Waals surface area contributed by atoms with Gasteiger partial charge in [0.1, 0.15) is 4.88 Å². The first-order valence-electron chi connectivity index (χ1n) is 7.89. The van der Waals surface area contributed by atoms with Crippen LogP contribution in [-0.4, -0.2) is 16.8 Å². The third-order valence-corrected chi connectivity index (χ3v) is 4.95. The summed E-state index contributed by atoms with van der Waals surface area (Å²) in [6.07, 6.45) is 0. The van der Waals surface area contributed by atoms with E-state index in [1.807, 2.05) is 30.3 Å². The molecular weight excluding hydrogens is 370 g/mol. The lowest BCUT2D eigenvalue weighted by molar-refractivity contribution is 0.0953. The maximum atomic E-state index is 12.4. The van der Waals surface area contributed by atoms with Crippen molar-refractivity contribution in [2.45, 2.75) is 13.5 Å².